The molecule has 1 saturated heterocycles. The minimum absolute atomic E-state index is 0.0998. The summed E-state index contributed by atoms with van der Waals surface area (Å²) in [7, 11) is 0. The van der Waals surface area contributed by atoms with E-state index in [1.54, 1.807) is 26.2 Å². The zero-order valence-electron chi connectivity index (χ0n) is 32.1. The zero-order valence-corrected chi connectivity index (χ0v) is 33.7. The molecule has 0 radical (unpaired) electrons. The Morgan fingerprint density at radius 1 is 0.931 bits per heavy atom. The highest BCUT2D eigenvalue weighted by Gasteiger charge is 2.57. The number of fused-ring (bicyclic) bond motifs is 1. The van der Waals surface area contributed by atoms with Gasteiger partial charge in [0.15, 0.2) is 10.8 Å². The quantitative estimate of drug-likeness (QED) is 0.0482. The number of anilines is 1. The number of nitrogens with zero attached hydrogens (tertiary/aromatic N) is 3. The lowest BCUT2D eigenvalue weighted by Gasteiger charge is -2.49. The summed E-state index contributed by atoms with van der Waals surface area (Å²) in [5.74, 6) is -3.94. The van der Waals surface area contributed by atoms with Crippen molar-refractivity contribution in [1.29, 1.82) is 0 Å². The average Bonchev–Trinajstić information content (AvgIpc) is 3.87. The molecule has 3 N–H and O–H groups in total. The molecule has 2 atom stereocenters. The fraction of sp³-hybridized carbons (Fsp3) is 0.310. The molecule has 1 aromatic heterocycles. The topological polar surface area (TPSA) is 186 Å². The second-order valence-electron chi connectivity index (χ2n) is 14.9. The van der Waals surface area contributed by atoms with E-state index in [0.29, 0.717) is 18.0 Å². The van der Waals surface area contributed by atoms with E-state index in [-0.39, 0.29) is 35.0 Å². The van der Waals surface area contributed by atoms with Crippen LogP contribution >= 0.6 is 23.1 Å². The van der Waals surface area contributed by atoms with Gasteiger partial charge < -0.3 is 30.1 Å². The highest BCUT2D eigenvalue weighted by Crippen LogP contribution is 2.44. The highest BCUT2D eigenvalue weighted by atomic mass is 32.2. The van der Waals surface area contributed by atoms with Crippen LogP contribution < -0.4 is 10.6 Å². The molecule has 300 valence electrons. The first kappa shape index (κ1) is 40.2. The Morgan fingerprint density at radius 2 is 1.50 bits per heavy atom. The van der Waals surface area contributed by atoms with Crippen LogP contribution in [-0.4, -0.2) is 85.4 Å². The molecule has 3 heterocycles. The first-order chi connectivity index (χ1) is 27.7. The summed E-state index contributed by atoms with van der Waals surface area (Å²) >= 11 is 2.44. The molecule has 0 bridgehead atoms. The number of thiazole rings is 1. The Morgan fingerprint density at radius 3 is 2.00 bits per heavy atom. The standard InChI is InChI=1S/C42H41N5O9S2/c1-25(48)54-22-26-23-57-36-32(35(50)47(36)33(26)37(51)52)44-34(49)31(46-56-41(20-21-41)38(53)55-40(2,3)4)30-24-58-39(43-30)45-42(27-14-8-5-9-15-27,28-16-10-6-11-17-28)29-18-12-7-13-19-29/h5-19,24,32,36H,20-23H2,1-4H3,(H,43,45)(H,44,49)(H,51,52)/b46-31-/t32-,36-/m1/s1. The van der Waals surface area contributed by atoms with Crippen LogP contribution in [0.4, 0.5) is 5.13 Å². The molecular weight excluding hydrogens is 783 g/mol. The fourth-order valence-corrected chi connectivity index (χ4v) is 8.81. The highest BCUT2D eigenvalue weighted by molar-refractivity contribution is 8.00. The lowest BCUT2D eigenvalue weighted by atomic mass is 9.77. The Labute approximate surface area is 342 Å². The second kappa shape index (κ2) is 16.1. The number of esters is 2. The van der Waals surface area contributed by atoms with Gasteiger partial charge in [0.2, 0.25) is 5.60 Å². The number of aliphatic carboxylic acids is 1. The summed E-state index contributed by atoms with van der Waals surface area (Å²) in [6.07, 6.45) is 0.624. The average molecular weight is 824 g/mol. The predicted molar refractivity (Wildman–Crippen MR) is 217 cm³/mol. The molecule has 2 amide bonds. The lowest BCUT2D eigenvalue weighted by Crippen LogP contribution is -2.71. The monoisotopic (exact) mass is 823 g/mol. The zero-order chi connectivity index (χ0) is 41.2. The fourth-order valence-electron chi connectivity index (χ4n) is 6.73. The predicted octanol–water partition coefficient (Wildman–Crippen LogP) is 5.44. The summed E-state index contributed by atoms with van der Waals surface area (Å²) in [5, 5.41) is 21.9. The van der Waals surface area contributed by atoms with Crippen LogP contribution in [0.1, 0.15) is 62.9 Å². The van der Waals surface area contributed by atoms with Crippen molar-refractivity contribution >= 4 is 63.7 Å². The number of nitrogens with one attached hydrogen (secondary N) is 2. The van der Waals surface area contributed by atoms with Crippen molar-refractivity contribution < 1.29 is 43.4 Å². The minimum atomic E-state index is -1.40. The number of β-lactam (4-membered cyclic amide) rings is 1. The molecular formula is C42H41N5O9S2. The van der Waals surface area contributed by atoms with Crippen molar-refractivity contribution in [3.05, 3.63) is 130 Å². The van der Waals surface area contributed by atoms with Gasteiger partial charge in [-0.2, -0.15) is 0 Å². The van der Waals surface area contributed by atoms with E-state index in [2.05, 4.69) is 15.8 Å². The smallest absolute Gasteiger partial charge is 0.353 e. The molecule has 16 heteroatoms. The van der Waals surface area contributed by atoms with Gasteiger partial charge in [-0.15, -0.1) is 23.1 Å². The Bertz CT molecular complexity index is 2190. The van der Waals surface area contributed by atoms with E-state index >= 15 is 0 Å². The summed E-state index contributed by atoms with van der Waals surface area (Å²) in [4.78, 5) is 76.5. The normalized spacial score (nSPS) is 18.7. The number of amides is 2. The molecule has 58 heavy (non-hydrogen) atoms. The summed E-state index contributed by atoms with van der Waals surface area (Å²) in [6.45, 7) is 6.12. The first-order valence-electron chi connectivity index (χ1n) is 18.5. The van der Waals surface area contributed by atoms with Gasteiger partial charge in [0, 0.05) is 36.5 Å². The molecule has 4 aromatic rings. The van der Waals surface area contributed by atoms with Gasteiger partial charge in [-0.1, -0.05) is 96.2 Å². The molecule has 1 aliphatic carbocycles. The van der Waals surface area contributed by atoms with E-state index in [9.17, 15) is 29.1 Å². The molecule has 2 aliphatic heterocycles. The van der Waals surface area contributed by atoms with Gasteiger partial charge in [0.05, 0.1) is 0 Å². The summed E-state index contributed by atoms with van der Waals surface area (Å²) < 4.78 is 10.6. The van der Waals surface area contributed by atoms with E-state index in [1.807, 2.05) is 91.0 Å². The second-order valence-corrected chi connectivity index (χ2v) is 16.9. The first-order valence-corrected chi connectivity index (χ1v) is 20.4. The van der Waals surface area contributed by atoms with Gasteiger partial charge in [-0.05, 0) is 37.5 Å². The van der Waals surface area contributed by atoms with Gasteiger partial charge in [0.1, 0.15) is 40.6 Å². The van der Waals surface area contributed by atoms with Crippen molar-refractivity contribution in [3.63, 3.8) is 0 Å². The van der Waals surface area contributed by atoms with Crippen LogP contribution in [0.3, 0.4) is 0 Å². The van der Waals surface area contributed by atoms with E-state index in [0.717, 1.165) is 21.6 Å². The molecule has 0 spiro atoms. The maximum absolute atomic E-state index is 14.3. The number of oxime groups is 1. The maximum Gasteiger partial charge on any atom is 0.353 e. The molecule has 14 nitrogen and oxygen atoms in total. The lowest BCUT2D eigenvalue weighted by molar-refractivity contribution is -0.172. The molecule has 7 rings (SSSR count). The van der Waals surface area contributed by atoms with Crippen molar-refractivity contribution in [2.24, 2.45) is 5.16 Å². The number of thioether (sulfide) groups is 1. The number of carbonyl (C=O) groups is 5. The number of ether oxygens (including phenoxy) is 2. The van der Waals surface area contributed by atoms with Crippen LogP contribution in [0.2, 0.25) is 0 Å². The Hall–Kier alpha value is -6.00. The SMILES string of the molecule is CC(=O)OCC1=C(C(=O)O)N2C(=O)[C@@H](NC(=O)/C(=N\OC3(C(=O)OC(C)(C)C)CC3)c3csc(NC(c4ccccc4)(c4ccccc4)c4ccccc4)n3)[C@H]2SC1. The number of carboxylic acids is 1. The van der Waals surface area contributed by atoms with Crippen LogP contribution in [-0.2, 0) is 43.8 Å². The van der Waals surface area contributed by atoms with Crippen LogP contribution in [0.15, 0.2) is 113 Å². The third-order valence-corrected chi connectivity index (χ3v) is 11.7. The molecule has 1 saturated carbocycles. The number of hydrogen-bond donors (Lipinski definition) is 3. The number of aromatic nitrogens is 1. The summed E-state index contributed by atoms with van der Waals surface area (Å²) in [5.41, 5.74) is -0.595. The van der Waals surface area contributed by atoms with Gasteiger partial charge in [-0.25, -0.2) is 14.6 Å². The van der Waals surface area contributed by atoms with Crippen molar-refractivity contribution in [1.82, 2.24) is 15.2 Å². The van der Waals surface area contributed by atoms with Crippen LogP contribution in [0, 0.1) is 0 Å². The third kappa shape index (κ3) is 8.07. The number of carbonyl (C=O) groups excluding carboxylic acids is 4. The number of rotatable bonds is 14. The summed E-state index contributed by atoms with van der Waals surface area (Å²) in [6, 6.07) is 28.6. The van der Waals surface area contributed by atoms with E-state index < -0.39 is 57.9 Å². The van der Waals surface area contributed by atoms with Crippen molar-refractivity contribution in [2.45, 2.75) is 68.7 Å². The third-order valence-electron chi connectivity index (χ3n) is 9.65. The molecule has 3 aliphatic rings. The van der Waals surface area contributed by atoms with Crippen molar-refractivity contribution in [3.8, 4) is 0 Å². The van der Waals surface area contributed by atoms with Crippen LogP contribution in [0.5, 0.6) is 0 Å². The van der Waals surface area contributed by atoms with E-state index in [4.69, 9.17) is 19.3 Å². The van der Waals surface area contributed by atoms with Gasteiger partial charge in [-0.3, -0.25) is 19.3 Å². The van der Waals surface area contributed by atoms with Gasteiger partial charge >= 0.3 is 17.9 Å². The number of carboxylic acid groups (broad SMARTS) is 1. The molecule has 2 fully saturated rings. The largest absolute Gasteiger partial charge is 0.477 e. The Balaban J connectivity index is 1.23. The number of benzene rings is 3. The molecule has 3 aromatic carbocycles. The number of hydrogen-bond acceptors (Lipinski definition) is 13. The van der Waals surface area contributed by atoms with E-state index in [1.165, 1.54) is 30.0 Å². The maximum atomic E-state index is 14.3. The van der Waals surface area contributed by atoms with Crippen LogP contribution in [0.25, 0.3) is 0 Å². The minimum Gasteiger partial charge on any atom is -0.477 e. The van der Waals surface area contributed by atoms with Gasteiger partial charge in [0.25, 0.3) is 11.8 Å². The molecule has 0 unspecified atom stereocenters. The van der Waals surface area contributed by atoms with Crippen molar-refractivity contribution in [2.75, 3.05) is 17.7 Å². The Kier molecular flexibility index (Phi) is 11.2.